The van der Waals surface area contributed by atoms with Gasteiger partial charge in [0.25, 0.3) is 0 Å². The number of carbonyl (C=O) groups excluding carboxylic acids is 4. The van der Waals surface area contributed by atoms with E-state index in [0.29, 0.717) is 25.4 Å². The van der Waals surface area contributed by atoms with Crippen molar-refractivity contribution in [2.24, 2.45) is 0 Å². The van der Waals surface area contributed by atoms with Crippen molar-refractivity contribution in [3.05, 3.63) is 0 Å². The zero-order valence-electron chi connectivity index (χ0n) is 29.9. The zero-order valence-corrected chi connectivity index (χ0v) is 30.7. The summed E-state index contributed by atoms with van der Waals surface area (Å²) in [4.78, 5) is 47.7. The van der Waals surface area contributed by atoms with E-state index >= 15 is 0 Å². The fourth-order valence-electron chi connectivity index (χ4n) is 5.63. The molecule has 1 rings (SSSR count). The molecule has 0 bridgehead atoms. The highest BCUT2D eigenvalue weighted by atomic mass is 32.2. The number of ether oxygens (including phenoxy) is 6. The number of carbonyl (C=O) groups is 4. The van der Waals surface area contributed by atoms with Crippen LogP contribution < -0.4 is 5.32 Å². The van der Waals surface area contributed by atoms with Crippen molar-refractivity contribution in [1.82, 2.24) is 5.32 Å². The van der Waals surface area contributed by atoms with Crippen LogP contribution in [0.4, 0.5) is 0 Å². The van der Waals surface area contributed by atoms with Crippen LogP contribution in [-0.2, 0) is 47.6 Å². The van der Waals surface area contributed by atoms with Gasteiger partial charge in [0.05, 0.1) is 12.7 Å². The minimum Gasteiger partial charge on any atom is -0.463 e. The molecular formula is C35H63NO10S. The van der Waals surface area contributed by atoms with E-state index in [0.717, 1.165) is 6.42 Å². The molecule has 1 heterocycles. The van der Waals surface area contributed by atoms with Crippen LogP contribution in [0.25, 0.3) is 0 Å². The summed E-state index contributed by atoms with van der Waals surface area (Å²) < 4.78 is 34.0. The third-order valence-corrected chi connectivity index (χ3v) is 9.28. The van der Waals surface area contributed by atoms with Crippen LogP contribution in [0.5, 0.6) is 0 Å². The van der Waals surface area contributed by atoms with E-state index in [9.17, 15) is 19.2 Å². The monoisotopic (exact) mass is 689 g/mol. The molecule has 0 radical (unpaired) electrons. The summed E-state index contributed by atoms with van der Waals surface area (Å²) in [5.41, 5.74) is -0.690. The Morgan fingerprint density at radius 3 is 1.77 bits per heavy atom. The lowest BCUT2D eigenvalue weighted by Crippen LogP contribution is -2.65. The second-order valence-corrected chi connectivity index (χ2v) is 13.6. The topological polar surface area (TPSA) is 136 Å². The van der Waals surface area contributed by atoms with Crippen LogP contribution in [0, 0.1) is 0 Å². The van der Waals surface area contributed by atoms with Gasteiger partial charge in [0.15, 0.2) is 12.2 Å². The molecule has 2 unspecified atom stereocenters. The quantitative estimate of drug-likeness (QED) is 0.0593. The van der Waals surface area contributed by atoms with Gasteiger partial charge in [-0.25, -0.2) is 0 Å². The van der Waals surface area contributed by atoms with Crippen molar-refractivity contribution in [1.29, 1.82) is 0 Å². The van der Waals surface area contributed by atoms with Gasteiger partial charge in [-0.05, 0) is 18.6 Å². The lowest BCUT2D eigenvalue weighted by atomic mass is 9.97. The van der Waals surface area contributed by atoms with Crippen LogP contribution >= 0.6 is 11.8 Å². The zero-order chi connectivity index (χ0) is 34.9. The van der Waals surface area contributed by atoms with Crippen molar-refractivity contribution >= 4 is 35.6 Å². The maximum atomic E-state index is 12.1. The Kier molecular flexibility index (Phi) is 24.8. The Morgan fingerprint density at radius 1 is 0.745 bits per heavy atom. The SMILES string of the molecule is CCCCCCCCCCCCCCCCOC[C@H](CCS[C@@H]1OC(COC(C)=O)[C@@H](OC(C)=O)[C@H](OC(C)=O)C1NC(C)=O)OC. The summed E-state index contributed by atoms with van der Waals surface area (Å²) in [5.74, 6) is -1.58. The van der Waals surface area contributed by atoms with Crippen molar-refractivity contribution < 1.29 is 47.6 Å². The standard InChI is InChI=1S/C35H63NO10S/c1-7-8-9-10-11-12-13-14-15-16-17-18-19-20-22-42-24-30(41-6)21-23-47-35-32(36-26(2)37)34(45-29(5)40)33(44-28(4)39)31(46-35)25-43-27(3)38/h30-35H,7-25H2,1-6H3,(H,36,37)/t30-,31?,32?,33+,34+,35-/m0/s1. The van der Waals surface area contributed by atoms with Gasteiger partial charge in [0.1, 0.15) is 24.2 Å². The molecule has 0 saturated carbocycles. The summed E-state index contributed by atoms with van der Waals surface area (Å²) >= 11 is 1.40. The van der Waals surface area contributed by atoms with E-state index in [1.807, 2.05) is 0 Å². The van der Waals surface area contributed by atoms with E-state index in [1.54, 1.807) is 7.11 Å². The molecule has 12 heteroatoms. The van der Waals surface area contributed by atoms with Gasteiger partial charge in [0.2, 0.25) is 5.91 Å². The smallest absolute Gasteiger partial charge is 0.303 e. The van der Waals surface area contributed by atoms with Gasteiger partial charge in [-0.2, -0.15) is 0 Å². The molecule has 0 aromatic carbocycles. The maximum absolute atomic E-state index is 12.1. The Morgan fingerprint density at radius 2 is 1.28 bits per heavy atom. The second kappa shape index (κ2) is 27.0. The molecule has 6 atom stereocenters. The van der Waals surface area contributed by atoms with E-state index in [4.69, 9.17) is 28.4 Å². The van der Waals surface area contributed by atoms with Gasteiger partial charge in [-0.15, -0.1) is 11.8 Å². The molecular weight excluding hydrogens is 626 g/mol. The van der Waals surface area contributed by atoms with Gasteiger partial charge in [-0.3, -0.25) is 19.2 Å². The molecule has 0 aromatic heterocycles. The van der Waals surface area contributed by atoms with E-state index < -0.39 is 47.7 Å². The van der Waals surface area contributed by atoms with Gasteiger partial charge < -0.3 is 33.7 Å². The summed E-state index contributed by atoms with van der Waals surface area (Å²) in [7, 11) is 1.65. The minimum atomic E-state index is -1.10. The van der Waals surface area contributed by atoms with Crippen molar-refractivity contribution in [3.63, 3.8) is 0 Å². The maximum Gasteiger partial charge on any atom is 0.303 e. The number of unbranched alkanes of at least 4 members (excludes halogenated alkanes) is 13. The van der Waals surface area contributed by atoms with Crippen LogP contribution in [-0.4, -0.2) is 92.4 Å². The van der Waals surface area contributed by atoms with E-state index in [2.05, 4.69) is 12.2 Å². The second-order valence-electron chi connectivity index (χ2n) is 12.4. The number of rotatable bonds is 27. The normalized spacial score (nSPS) is 21.5. The summed E-state index contributed by atoms with van der Waals surface area (Å²) in [6.07, 6.45) is 15.9. The number of thioether (sulfide) groups is 1. The highest BCUT2D eigenvalue weighted by Gasteiger charge is 2.50. The Balaban J connectivity index is 2.47. The molecule has 1 saturated heterocycles. The van der Waals surface area contributed by atoms with Gasteiger partial charge >= 0.3 is 17.9 Å². The molecule has 274 valence electrons. The predicted octanol–water partition coefficient (Wildman–Crippen LogP) is 6.28. The molecule has 47 heavy (non-hydrogen) atoms. The molecule has 1 fully saturated rings. The minimum absolute atomic E-state index is 0.133. The number of methoxy groups -OCH3 is 1. The lowest BCUT2D eigenvalue weighted by molar-refractivity contribution is -0.211. The van der Waals surface area contributed by atoms with Crippen LogP contribution in [0.15, 0.2) is 0 Å². The van der Waals surface area contributed by atoms with Crippen molar-refractivity contribution in [2.75, 3.05) is 32.7 Å². The molecule has 0 aliphatic carbocycles. The largest absolute Gasteiger partial charge is 0.463 e. The number of hydrogen-bond acceptors (Lipinski definition) is 11. The lowest BCUT2D eigenvalue weighted by Gasteiger charge is -2.45. The number of esters is 3. The third-order valence-electron chi connectivity index (χ3n) is 8.07. The highest BCUT2D eigenvalue weighted by Crippen LogP contribution is 2.33. The Bertz CT molecular complexity index is 875. The van der Waals surface area contributed by atoms with Gasteiger partial charge in [0, 0.05) is 41.4 Å². The Hall–Kier alpha value is -1.89. The first kappa shape index (κ1) is 43.1. The summed E-state index contributed by atoms with van der Waals surface area (Å²) in [6.45, 7) is 8.25. The first-order chi connectivity index (χ1) is 22.6. The van der Waals surface area contributed by atoms with E-state index in [-0.39, 0.29) is 18.6 Å². The first-order valence-corrected chi connectivity index (χ1v) is 18.8. The Labute approximate surface area is 287 Å². The molecule has 1 aliphatic heterocycles. The molecule has 1 N–H and O–H groups in total. The average Bonchev–Trinajstić information content (AvgIpc) is 3.00. The highest BCUT2D eigenvalue weighted by molar-refractivity contribution is 7.99. The van der Waals surface area contributed by atoms with E-state index in [1.165, 1.54) is 123 Å². The summed E-state index contributed by atoms with van der Waals surface area (Å²) in [5, 5.41) is 2.80. The predicted molar refractivity (Wildman–Crippen MR) is 183 cm³/mol. The molecule has 11 nitrogen and oxygen atoms in total. The van der Waals surface area contributed by atoms with Gasteiger partial charge in [-0.1, -0.05) is 90.4 Å². The first-order valence-electron chi connectivity index (χ1n) is 17.7. The van der Waals surface area contributed by atoms with Crippen molar-refractivity contribution in [3.8, 4) is 0 Å². The number of amides is 1. The molecule has 0 spiro atoms. The number of hydrogen-bond donors (Lipinski definition) is 1. The van der Waals surface area contributed by atoms with Crippen LogP contribution in [0.2, 0.25) is 0 Å². The van der Waals surface area contributed by atoms with Crippen molar-refractivity contribution in [2.45, 2.75) is 167 Å². The third kappa shape index (κ3) is 20.9. The van der Waals surface area contributed by atoms with Crippen LogP contribution in [0.3, 0.4) is 0 Å². The average molecular weight is 690 g/mol. The fraction of sp³-hybridized carbons (Fsp3) is 0.886. The number of nitrogens with one attached hydrogen (secondary N) is 1. The molecule has 0 aromatic rings. The fourth-order valence-corrected chi connectivity index (χ4v) is 6.91. The summed E-state index contributed by atoms with van der Waals surface area (Å²) in [6, 6.07) is -0.822. The van der Waals surface area contributed by atoms with Crippen LogP contribution in [0.1, 0.15) is 131 Å². The molecule has 1 aliphatic rings. The molecule has 1 amide bonds.